The summed E-state index contributed by atoms with van der Waals surface area (Å²) in [5.74, 6) is 0.495. The highest BCUT2D eigenvalue weighted by Gasteiger charge is 2.09. The van der Waals surface area contributed by atoms with E-state index < -0.39 is 0 Å². The molecule has 118 valence electrons. The first-order valence-corrected chi connectivity index (χ1v) is 7.20. The minimum Gasteiger partial charge on any atom is -0.484 e. The summed E-state index contributed by atoms with van der Waals surface area (Å²) in [5.41, 5.74) is 0. The van der Waals surface area contributed by atoms with Crippen molar-refractivity contribution in [1.29, 1.82) is 0 Å². The Labute approximate surface area is 136 Å². The molecular weight excluding hydrogens is 313 g/mol. The molecule has 0 saturated carbocycles. The molecule has 1 aromatic rings. The summed E-state index contributed by atoms with van der Waals surface area (Å²) in [7, 11) is 0. The number of ether oxygens (including phenoxy) is 1. The van der Waals surface area contributed by atoms with E-state index in [0.29, 0.717) is 17.3 Å². The van der Waals surface area contributed by atoms with Gasteiger partial charge in [0.15, 0.2) is 6.61 Å². The van der Waals surface area contributed by atoms with E-state index in [9.17, 15) is 4.79 Å². The maximum absolute atomic E-state index is 11.6. The van der Waals surface area contributed by atoms with Crippen LogP contribution in [0.2, 0.25) is 5.02 Å². The van der Waals surface area contributed by atoms with Crippen LogP contribution in [-0.2, 0) is 4.79 Å². The summed E-state index contributed by atoms with van der Waals surface area (Å²) in [6.07, 6.45) is 0. The van der Waals surface area contributed by atoms with Crippen molar-refractivity contribution in [2.24, 2.45) is 0 Å². The third-order valence-electron chi connectivity index (χ3n) is 3.13. The molecule has 2 rings (SSSR count). The monoisotopic (exact) mass is 333 g/mol. The van der Waals surface area contributed by atoms with Crippen molar-refractivity contribution >= 4 is 29.9 Å². The van der Waals surface area contributed by atoms with Gasteiger partial charge in [0, 0.05) is 44.3 Å². The molecule has 2 N–H and O–H groups in total. The number of nitrogens with zero attached hydrogens (tertiary/aromatic N) is 1. The van der Waals surface area contributed by atoms with Crippen LogP contribution in [0.3, 0.4) is 0 Å². The number of carbonyl (C=O) groups excluding carboxylic acids is 1. The van der Waals surface area contributed by atoms with Gasteiger partial charge in [-0.15, -0.1) is 12.4 Å². The fraction of sp³-hybridized carbons (Fsp3) is 0.500. The van der Waals surface area contributed by atoms with Crippen LogP contribution in [0.5, 0.6) is 5.75 Å². The van der Waals surface area contributed by atoms with Crippen LogP contribution in [0.15, 0.2) is 24.3 Å². The second kappa shape index (κ2) is 9.84. The van der Waals surface area contributed by atoms with E-state index in [4.69, 9.17) is 16.3 Å². The van der Waals surface area contributed by atoms with E-state index in [0.717, 1.165) is 32.7 Å². The van der Waals surface area contributed by atoms with Crippen molar-refractivity contribution in [1.82, 2.24) is 15.5 Å². The molecule has 1 heterocycles. The van der Waals surface area contributed by atoms with Crippen LogP contribution >= 0.6 is 24.0 Å². The largest absolute Gasteiger partial charge is 0.484 e. The minimum absolute atomic E-state index is 0. The Balaban J connectivity index is 0.00000220. The van der Waals surface area contributed by atoms with Gasteiger partial charge in [-0.05, 0) is 18.2 Å². The Kier molecular flexibility index (Phi) is 8.45. The summed E-state index contributed by atoms with van der Waals surface area (Å²) >= 11 is 5.84. The quantitative estimate of drug-likeness (QED) is 0.820. The summed E-state index contributed by atoms with van der Waals surface area (Å²) in [6.45, 7) is 5.66. The second-order valence-corrected chi connectivity index (χ2v) is 5.12. The molecular formula is C14H21Cl2N3O2. The van der Waals surface area contributed by atoms with Gasteiger partial charge in [0.1, 0.15) is 5.75 Å². The molecule has 7 heteroatoms. The van der Waals surface area contributed by atoms with Crippen molar-refractivity contribution in [3.8, 4) is 5.75 Å². The second-order valence-electron chi connectivity index (χ2n) is 4.69. The van der Waals surface area contributed by atoms with Crippen LogP contribution in [-0.4, -0.2) is 56.7 Å². The predicted molar refractivity (Wildman–Crippen MR) is 86.5 cm³/mol. The number of carbonyl (C=O) groups is 1. The molecule has 1 aliphatic rings. The van der Waals surface area contributed by atoms with Crippen molar-refractivity contribution in [3.63, 3.8) is 0 Å². The summed E-state index contributed by atoms with van der Waals surface area (Å²) in [4.78, 5) is 14.0. The summed E-state index contributed by atoms with van der Waals surface area (Å²) in [5, 5.41) is 6.75. The first-order valence-electron chi connectivity index (χ1n) is 6.82. The normalized spacial score (nSPS) is 15.1. The zero-order valence-corrected chi connectivity index (χ0v) is 13.4. The van der Waals surface area contributed by atoms with Crippen molar-refractivity contribution in [3.05, 3.63) is 29.3 Å². The number of piperazine rings is 1. The molecule has 21 heavy (non-hydrogen) atoms. The summed E-state index contributed by atoms with van der Waals surface area (Å²) in [6, 6.07) is 7.03. The first kappa shape index (κ1) is 18.0. The Hall–Kier alpha value is -1.01. The van der Waals surface area contributed by atoms with E-state index in [2.05, 4.69) is 15.5 Å². The lowest BCUT2D eigenvalue weighted by Gasteiger charge is -2.27. The van der Waals surface area contributed by atoms with Gasteiger partial charge < -0.3 is 15.4 Å². The highest BCUT2D eigenvalue weighted by molar-refractivity contribution is 6.30. The number of hydrogen-bond acceptors (Lipinski definition) is 4. The molecule has 1 fully saturated rings. The smallest absolute Gasteiger partial charge is 0.257 e. The van der Waals surface area contributed by atoms with Crippen LogP contribution in [0, 0.1) is 0 Å². The minimum atomic E-state index is -0.111. The van der Waals surface area contributed by atoms with Crippen LogP contribution in [0.1, 0.15) is 0 Å². The molecule has 0 spiro atoms. The molecule has 1 amide bonds. The van der Waals surface area contributed by atoms with Gasteiger partial charge in [-0.2, -0.15) is 0 Å². The number of benzene rings is 1. The van der Waals surface area contributed by atoms with Gasteiger partial charge in [-0.3, -0.25) is 9.69 Å². The number of amides is 1. The molecule has 0 aromatic heterocycles. The van der Waals surface area contributed by atoms with Gasteiger partial charge in [-0.1, -0.05) is 17.7 Å². The zero-order valence-electron chi connectivity index (χ0n) is 11.8. The maximum atomic E-state index is 11.6. The standard InChI is InChI=1S/C14H20ClN3O2.ClH/c15-12-2-1-3-13(10-12)20-11-14(19)17-6-9-18-7-4-16-5-8-18;/h1-3,10,16H,4-9,11H2,(H,17,19);1H. The Morgan fingerprint density at radius 3 is 2.86 bits per heavy atom. The molecule has 0 aliphatic carbocycles. The van der Waals surface area contributed by atoms with E-state index in [1.54, 1.807) is 24.3 Å². The van der Waals surface area contributed by atoms with E-state index >= 15 is 0 Å². The lowest BCUT2D eigenvalue weighted by Crippen LogP contribution is -2.46. The molecule has 0 unspecified atom stereocenters. The lowest BCUT2D eigenvalue weighted by molar-refractivity contribution is -0.123. The fourth-order valence-electron chi connectivity index (χ4n) is 2.04. The average Bonchev–Trinajstić information content (AvgIpc) is 2.46. The fourth-order valence-corrected chi connectivity index (χ4v) is 2.23. The van der Waals surface area contributed by atoms with Crippen LogP contribution < -0.4 is 15.4 Å². The van der Waals surface area contributed by atoms with Crippen LogP contribution in [0.4, 0.5) is 0 Å². The summed E-state index contributed by atoms with van der Waals surface area (Å²) < 4.78 is 5.37. The predicted octanol–water partition coefficient (Wildman–Crippen LogP) is 1.16. The Morgan fingerprint density at radius 1 is 1.38 bits per heavy atom. The van der Waals surface area contributed by atoms with E-state index in [1.807, 2.05) is 0 Å². The third-order valence-corrected chi connectivity index (χ3v) is 3.36. The number of rotatable bonds is 6. The molecule has 0 bridgehead atoms. The molecule has 1 saturated heterocycles. The van der Waals surface area contributed by atoms with Gasteiger partial charge in [0.25, 0.3) is 5.91 Å². The average molecular weight is 334 g/mol. The van der Waals surface area contributed by atoms with Gasteiger partial charge in [0.2, 0.25) is 0 Å². The third kappa shape index (κ3) is 7.00. The lowest BCUT2D eigenvalue weighted by atomic mass is 10.3. The molecule has 1 aromatic carbocycles. The maximum Gasteiger partial charge on any atom is 0.257 e. The zero-order chi connectivity index (χ0) is 14.2. The van der Waals surface area contributed by atoms with Gasteiger partial charge in [0.05, 0.1) is 0 Å². The van der Waals surface area contributed by atoms with Crippen molar-refractivity contribution in [2.45, 2.75) is 0 Å². The number of halogens is 2. The van der Waals surface area contributed by atoms with Crippen LogP contribution in [0.25, 0.3) is 0 Å². The topological polar surface area (TPSA) is 53.6 Å². The Bertz CT molecular complexity index is 440. The highest BCUT2D eigenvalue weighted by Crippen LogP contribution is 2.16. The molecule has 0 atom stereocenters. The first-order chi connectivity index (χ1) is 9.74. The number of hydrogen-bond donors (Lipinski definition) is 2. The van der Waals surface area contributed by atoms with E-state index in [-0.39, 0.29) is 24.9 Å². The molecule has 5 nitrogen and oxygen atoms in total. The number of nitrogens with one attached hydrogen (secondary N) is 2. The SMILES string of the molecule is Cl.O=C(COc1cccc(Cl)c1)NCCN1CCNCC1. The van der Waals surface area contributed by atoms with Gasteiger partial charge in [-0.25, -0.2) is 0 Å². The molecule has 1 aliphatic heterocycles. The highest BCUT2D eigenvalue weighted by atomic mass is 35.5. The van der Waals surface area contributed by atoms with E-state index in [1.165, 1.54) is 0 Å². The van der Waals surface area contributed by atoms with Gasteiger partial charge >= 0.3 is 0 Å². The molecule has 0 radical (unpaired) electrons. The van der Waals surface area contributed by atoms with Crippen molar-refractivity contribution < 1.29 is 9.53 Å². The Morgan fingerprint density at radius 2 is 2.14 bits per heavy atom. The van der Waals surface area contributed by atoms with Crippen molar-refractivity contribution in [2.75, 3.05) is 45.9 Å².